The van der Waals surface area contributed by atoms with Crippen molar-refractivity contribution in [3.8, 4) is 5.75 Å². The highest BCUT2D eigenvalue weighted by Crippen LogP contribution is 2.27. The van der Waals surface area contributed by atoms with Crippen molar-refractivity contribution < 1.29 is 22.7 Å². The Bertz CT molecular complexity index is 864. The van der Waals surface area contributed by atoms with Gasteiger partial charge in [0, 0.05) is 5.02 Å². The van der Waals surface area contributed by atoms with Crippen molar-refractivity contribution in [2.45, 2.75) is 18.2 Å². The van der Waals surface area contributed by atoms with Crippen molar-refractivity contribution in [2.75, 3.05) is 19.0 Å². The van der Waals surface area contributed by atoms with Crippen LogP contribution in [0.4, 0.5) is 0 Å². The van der Waals surface area contributed by atoms with Crippen molar-refractivity contribution in [1.82, 2.24) is 0 Å². The van der Waals surface area contributed by atoms with Crippen LogP contribution in [0.3, 0.4) is 0 Å². The molecule has 0 saturated heterocycles. The van der Waals surface area contributed by atoms with E-state index in [1.807, 2.05) is 6.92 Å². The smallest absolute Gasteiger partial charge is 0.306 e. The number of benzene rings is 2. The highest BCUT2D eigenvalue weighted by molar-refractivity contribution is 7.91. The lowest BCUT2D eigenvalue weighted by molar-refractivity contribution is -0.143. The van der Waals surface area contributed by atoms with Gasteiger partial charge in [-0.25, -0.2) is 8.42 Å². The SMILES string of the molecule is Cc1ccc(S(=O)(=O)CCC(=O)OCCOc2ccc(Cl)cc2Cl)cc1. The number of hydrogen-bond acceptors (Lipinski definition) is 5. The summed E-state index contributed by atoms with van der Waals surface area (Å²) in [5.74, 6) is -0.487. The molecule has 2 aromatic carbocycles. The minimum absolute atomic E-state index is 0.0115. The van der Waals surface area contributed by atoms with Crippen LogP contribution in [0.25, 0.3) is 0 Å². The van der Waals surface area contributed by atoms with Gasteiger partial charge >= 0.3 is 5.97 Å². The van der Waals surface area contributed by atoms with Gasteiger partial charge in [-0.15, -0.1) is 0 Å². The zero-order valence-electron chi connectivity index (χ0n) is 14.1. The van der Waals surface area contributed by atoms with Gasteiger partial charge in [-0.1, -0.05) is 40.9 Å². The third-order valence-corrected chi connectivity index (χ3v) is 5.72. The quantitative estimate of drug-likeness (QED) is 0.478. The molecule has 0 amide bonds. The minimum atomic E-state index is -3.52. The average Bonchev–Trinajstić information content (AvgIpc) is 2.59. The van der Waals surface area contributed by atoms with E-state index >= 15 is 0 Å². The summed E-state index contributed by atoms with van der Waals surface area (Å²) in [6.45, 7) is 1.95. The Morgan fingerprint density at radius 1 is 1.04 bits per heavy atom. The predicted molar refractivity (Wildman–Crippen MR) is 101 cm³/mol. The normalized spacial score (nSPS) is 11.2. The highest BCUT2D eigenvalue weighted by Gasteiger charge is 2.17. The maximum Gasteiger partial charge on any atom is 0.306 e. The van der Waals surface area contributed by atoms with Gasteiger partial charge < -0.3 is 9.47 Å². The first kappa shape index (κ1) is 20.6. The van der Waals surface area contributed by atoms with Crippen LogP contribution in [-0.2, 0) is 19.4 Å². The first-order chi connectivity index (χ1) is 12.3. The van der Waals surface area contributed by atoms with Crippen LogP contribution in [-0.4, -0.2) is 33.4 Å². The Kier molecular flexibility index (Phi) is 7.32. The third-order valence-electron chi connectivity index (χ3n) is 3.45. The Hall–Kier alpha value is -1.76. The third kappa shape index (κ3) is 6.20. The summed E-state index contributed by atoms with van der Waals surface area (Å²) in [5.41, 5.74) is 0.962. The van der Waals surface area contributed by atoms with Gasteiger partial charge in [-0.2, -0.15) is 0 Å². The molecule has 2 aromatic rings. The first-order valence-corrected chi connectivity index (χ1v) is 10.2. The van der Waals surface area contributed by atoms with E-state index in [2.05, 4.69) is 0 Å². The van der Waals surface area contributed by atoms with Gasteiger partial charge in [0.2, 0.25) is 0 Å². The number of aryl methyl sites for hydroxylation is 1. The molecule has 0 aliphatic carbocycles. The van der Waals surface area contributed by atoms with E-state index in [0.29, 0.717) is 15.8 Å². The Morgan fingerprint density at radius 2 is 1.73 bits per heavy atom. The molecular weight excluding hydrogens is 399 g/mol. The van der Waals surface area contributed by atoms with Crippen molar-refractivity contribution in [3.63, 3.8) is 0 Å². The van der Waals surface area contributed by atoms with Crippen LogP contribution in [0.1, 0.15) is 12.0 Å². The summed E-state index contributed by atoms with van der Waals surface area (Å²) < 4.78 is 34.7. The maximum atomic E-state index is 12.2. The molecule has 2 rings (SSSR count). The molecule has 0 saturated carbocycles. The van der Waals surface area contributed by atoms with Crippen LogP contribution in [0.5, 0.6) is 5.75 Å². The molecule has 0 fully saturated rings. The van der Waals surface area contributed by atoms with Gasteiger partial charge in [-0.05, 0) is 37.3 Å². The number of esters is 1. The zero-order chi connectivity index (χ0) is 19.2. The van der Waals surface area contributed by atoms with Crippen molar-refractivity contribution in [2.24, 2.45) is 0 Å². The van der Waals surface area contributed by atoms with Crippen LogP contribution in [0, 0.1) is 6.92 Å². The van der Waals surface area contributed by atoms with Crippen LogP contribution in [0.15, 0.2) is 47.4 Å². The molecule has 0 bridgehead atoms. The molecule has 0 aliphatic heterocycles. The molecule has 0 heterocycles. The van der Waals surface area contributed by atoms with Crippen LogP contribution < -0.4 is 4.74 Å². The Labute approximate surface area is 162 Å². The highest BCUT2D eigenvalue weighted by atomic mass is 35.5. The van der Waals surface area contributed by atoms with Gasteiger partial charge in [0.25, 0.3) is 0 Å². The van der Waals surface area contributed by atoms with E-state index in [-0.39, 0.29) is 30.3 Å². The van der Waals surface area contributed by atoms with E-state index in [0.717, 1.165) is 5.56 Å². The Balaban J connectivity index is 1.74. The number of carbonyl (C=O) groups is 1. The fourth-order valence-electron chi connectivity index (χ4n) is 2.05. The number of carbonyl (C=O) groups excluding carboxylic acids is 1. The number of rotatable bonds is 8. The van der Waals surface area contributed by atoms with Gasteiger partial charge in [-0.3, -0.25) is 4.79 Å². The second kappa shape index (κ2) is 9.26. The molecule has 0 atom stereocenters. The lowest BCUT2D eigenvalue weighted by Crippen LogP contribution is -2.16. The van der Waals surface area contributed by atoms with Crippen molar-refractivity contribution >= 4 is 39.0 Å². The van der Waals surface area contributed by atoms with Gasteiger partial charge in [0.1, 0.15) is 19.0 Å². The second-order valence-corrected chi connectivity index (χ2v) is 8.48. The monoisotopic (exact) mass is 416 g/mol. The molecule has 26 heavy (non-hydrogen) atoms. The average molecular weight is 417 g/mol. The molecule has 0 radical (unpaired) electrons. The topological polar surface area (TPSA) is 69.7 Å². The van der Waals surface area contributed by atoms with E-state index in [1.165, 1.54) is 12.1 Å². The molecule has 0 spiro atoms. The lowest BCUT2D eigenvalue weighted by atomic mass is 10.2. The van der Waals surface area contributed by atoms with E-state index in [9.17, 15) is 13.2 Å². The maximum absolute atomic E-state index is 12.2. The summed E-state index contributed by atoms with van der Waals surface area (Å²) >= 11 is 11.7. The molecule has 0 aliphatic rings. The van der Waals surface area contributed by atoms with E-state index in [4.69, 9.17) is 32.7 Å². The molecule has 8 heteroatoms. The van der Waals surface area contributed by atoms with Crippen molar-refractivity contribution in [3.05, 3.63) is 58.1 Å². The summed E-state index contributed by atoms with van der Waals surface area (Å²) in [5, 5.41) is 0.844. The van der Waals surface area contributed by atoms with E-state index < -0.39 is 15.8 Å². The van der Waals surface area contributed by atoms with Gasteiger partial charge in [0.05, 0.1) is 22.1 Å². The van der Waals surface area contributed by atoms with Crippen LogP contribution >= 0.6 is 23.2 Å². The number of hydrogen-bond donors (Lipinski definition) is 0. The molecule has 140 valence electrons. The number of halogens is 2. The summed E-state index contributed by atoms with van der Waals surface area (Å²) in [4.78, 5) is 11.9. The van der Waals surface area contributed by atoms with Crippen molar-refractivity contribution in [1.29, 1.82) is 0 Å². The molecule has 5 nitrogen and oxygen atoms in total. The summed E-state index contributed by atoms with van der Waals surface area (Å²) in [6, 6.07) is 11.3. The van der Waals surface area contributed by atoms with Gasteiger partial charge in [0.15, 0.2) is 9.84 Å². The summed E-state index contributed by atoms with van der Waals surface area (Å²) in [6.07, 6.45) is -0.224. The lowest BCUT2D eigenvalue weighted by Gasteiger charge is -2.09. The predicted octanol–water partition coefficient (Wildman–Crippen LogP) is 4.09. The second-order valence-electron chi connectivity index (χ2n) is 5.53. The molecule has 0 N–H and O–H groups in total. The Morgan fingerprint density at radius 3 is 2.38 bits per heavy atom. The minimum Gasteiger partial charge on any atom is -0.488 e. The zero-order valence-corrected chi connectivity index (χ0v) is 16.4. The number of sulfone groups is 1. The largest absolute Gasteiger partial charge is 0.488 e. The fraction of sp³-hybridized carbons (Fsp3) is 0.278. The standard InChI is InChI=1S/C18H18Cl2O5S/c1-13-2-5-15(6-3-13)26(22,23)11-8-18(21)25-10-9-24-17-7-4-14(19)12-16(17)20/h2-7,12H,8-11H2,1H3. The first-order valence-electron chi connectivity index (χ1n) is 7.81. The summed E-state index contributed by atoms with van der Waals surface area (Å²) in [7, 11) is -3.52. The fourth-order valence-corrected chi connectivity index (χ4v) is 3.74. The van der Waals surface area contributed by atoms with E-state index in [1.54, 1.807) is 30.3 Å². The van der Waals surface area contributed by atoms with Crippen LogP contribution in [0.2, 0.25) is 10.0 Å². The number of ether oxygens (including phenoxy) is 2. The molecular formula is C18H18Cl2O5S. The molecule has 0 unspecified atom stereocenters. The molecule has 0 aromatic heterocycles.